The van der Waals surface area contributed by atoms with E-state index in [9.17, 15) is 0 Å². The van der Waals surface area contributed by atoms with Gasteiger partial charge in [0.15, 0.2) is 0 Å². The predicted molar refractivity (Wildman–Crippen MR) is 68.2 cm³/mol. The molecule has 0 bridgehead atoms. The van der Waals surface area contributed by atoms with E-state index in [2.05, 4.69) is 18.7 Å². The zero-order chi connectivity index (χ0) is 10.9. The van der Waals surface area contributed by atoms with Gasteiger partial charge in [0.05, 0.1) is 0 Å². The van der Waals surface area contributed by atoms with Crippen LogP contribution in [-0.4, -0.2) is 24.5 Å². The average molecular weight is 211 g/mol. The van der Waals surface area contributed by atoms with Crippen molar-refractivity contribution in [1.82, 2.24) is 4.90 Å². The van der Waals surface area contributed by atoms with Crippen molar-refractivity contribution in [3.05, 3.63) is 0 Å². The van der Waals surface area contributed by atoms with Crippen LogP contribution in [0, 0.1) is 5.92 Å². The Bertz CT molecular complexity index is 140. The van der Waals surface area contributed by atoms with Crippen LogP contribution in [0.25, 0.3) is 0 Å². The number of rotatable bonds is 9. The molecule has 0 N–H and O–H groups in total. The molecule has 15 heavy (non-hydrogen) atoms. The molecule has 1 aliphatic heterocycles. The van der Waals surface area contributed by atoms with Crippen LogP contribution in [0.5, 0.6) is 0 Å². The van der Waals surface area contributed by atoms with Crippen molar-refractivity contribution in [2.24, 2.45) is 5.92 Å². The molecule has 1 aliphatic rings. The van der Waals surface area contributed by atoms with Gasteiger partial charge in [0, 0.05) is 6.54 Å². The third-order valence-electron chi connectivity index (χ3n) is 3.57. The molecule has 1 rings (SSSR count). The summed E-state index contributed by atoms with van der Waals surface area (Å²) in [6.07, 6.45) is 11.5. The fourth-order valence-corrected chi connectivity index (χ4v) is 2.37. The summed E-state index contributed by atoms with van der Waals surface area (Å²) in [6, 6.07) is 0. The Kier molecular flexibility index (Phi) is 7.08. The Labute approximate surface area is 96.2 Å². The van der Waals surface area contributed by atoms with Gasteiger partial charge in [0.1, 0.15) is 0 Å². The molecule has 0 aliphatic carbocycles. The Morgan fingerprint density at radius 1 is 1.00 bits per heavy atom. The van der Waals surface area contributed by atoms with E-state index in [0.717, 1.165) is 5.92 Å². The Balaban J connectivity index is 1.81. The molecule has 1 heteroatoms. The van der Waals surface area contributed by atoms with Crippen molar-refractivity contribution in [3.63, 3.8) is 0 Å². The highest BCUT2D eigenvalue weighted by molar-refractivity contribution is 4.70. The lowest BCUT2D eigenvalue weighted by atomic mass is 10.00. The van der Waals surface area contributed by atoms with Gasteiger partial charge in [-0.05, 0) is 31.8 Å². The molecular weight excluding hydrogens is 182 g/mol. The van der Waals surface area contributed by atoms with E-state index in [1.807, 2.05) is 0 Å². The highest BCUT2D eigenvalue weighted by atomic mass is 15.2. The molecule has 1 atom stereocenters. The van der Waals surface area contributed by atoms with E-state index in [0.29, 0.717) is 0 Å². The maximum absolute atomic E-state index is 2.60. The van der Waals surface area contributed by atoms with Gasteiger partial charge in [0.2, 0.25) is 0 Å². The second kappa shape index (κ2) is 8.15. The van der Waals surface area contributed by atoms with Crippen LogP contribution in [0.4, 0.5) is 0 Å². The monoisotopic (exact) mass is 211 g/mol. The maximum Gasteiger partial charge on any atom is 0.000704 e. The minimum Gasteiger partial charge on any atom is -0.303 e. The van der Waals surface area contributed by atoms with Crippen molar-refractivity contribution in [2.45, 2.75) is 65.2 Å². The smallest absolute Gasteiger partial charge is 0.000704 e. The molecule has 0 saturated carbocycles. The molecule has 90 valence electrons. The summed E-state index contributed by atoms with van der Waals surface area (Å²) in [7, 11) is 0. The van der Waals surface area contributed by atoms with Gasteiger partial charge in [0.25, 0.3) is 0 Å². The van der Waals surface area contributed by atoms with E-state index in [4.69, 9.17) is 0 Å². The summed E-state index contributed by atoms with van der Waals surface area (Å²) in [5.41, 5.74) is 0. The quantitative estimate of drug-likeness (QED) is 0.519. The van der Waals surface area contributed by atoms with Gasteiger partial charge in [-0.2, -0.15) is 0 Å². The Morgan fingerprint density at radius 3 is 2.27 bits per heavy atom. The van der Waals surface area contributed by atoms with Crippen LogP contribution in [-0.2, 0) is 0 Å². The molecule has 0 aromatic rings. The van der Waals surface area contributed by atoms with E-state index in [1.165, 1.54) is 71.0 Å². The second-order valence-electron chi connectivity index (χ2n) is 5.32. The van der Waals surface area contributed by atoms with Gasteiger partial charge in [-0.15, -0.1) is 0 Å². The maximum atomic E-state index is 2.60. The molecule has 1 unspecified atom stereocenters. The molecular formula is C14H29N. The van der Waals surface area contributed by atoms with Crippen molar-refractivity contribution < 1.29 is 0 Å². The standard InChI is InChI=1S/C14H29N/c1-3-4-5-6-7-8-10-14(2)13-15-11-9-12-15/h14H,3-13H2,1-2H3. The van der Waals surface area contributed by atoms with E-state index < -0.39 is 0 Å². The lowest BCUT2D eigenvalue weighted by Gasteiger charge is -2.33. The van der Waals surface area contributed by atoms with Gasteiger partial charge in [-0.3, -0.25) is 0 Å². The fraction of sp³-hybridized carbons (Fsp3) is 1.00. The van der Waals surface area contributed by atoms with Crippen LogP contribution in [0.3, 0.4) is 0 Å². The van der Waals surface area contributed by atoms with Crippen LogP contribution >= 0.6 is 0 Å². The van der Waals surface area contributed by atoms with Crippen LogP contribution in [0.2, 0.25) is 0 Å². The van der Waals surface area contributed by atoms with Crippen LogP contribution in [0.15, 0.2) is 0 Å². The van der Waals surface area contributed by atoms with Crippen molar-refractivity contribution in [3.8, 4) is 0 Å². The largest absolute Gasteiger partial charge is 0.303 e. The molecule has 1 nitrogen and oxygen atoms in total. The van der Waals surface area contributed by atoms with E-state index >= 15 is 0 Å². The molecule has 1 fully saturated rings. The molecule has 0 aromatic heterocycles. The number of nitrogens with zero attached hydrogens (tertiary/aromatic N) is 1. The third kappa shape index (κ3) is 6.19. The Morgan fingerprint density at radius 2 is 1.67 bits per heavy atom. The van der Waals surface area contributed by atoms with Crippen LogP contribution < -0.4 is 0 Å². The van der Waals surface area contributed by atoms with Crippen molar-refractivity contribution in [1.29, 1.82) is 0 Å². The first kappa shape index (κ1) is 13.0. The average Bonchev–Trinajstić information content (AvgIpc) is 2.17. The topological polar surface area (TPSA) is 3.24 Å². The zero-order valence-electron chi connectivity index (χ0n) is 10.8. The van der Waals surface area contributed by atoms with Crippen molar-refractivity contribution in [2.75, 3.05) is 19.6 Å². The molecule has 1 heterocycles. The van der Waals surface area contributed by atoms with Crippen LogP contribution in [0.1, 0.15) is 65.2 Å². The highest BCUT2D eigenvalue weighted by Gasteiger charge is 2.15. The molecule has 1 saturated heterocycles. The number of likely N-dealkylation sites (tertiary alicyclic amines) is 1. The second-order valence-corrected chi connectivity index (χ2v) is 5.32. The SMILES string of the molecule is CCCCCCCCC(C)CN1CCC1. The number of hydrogen-bond acceptors (Lipinski definition) is 1. The predicted octanol–water partition coefficient (Wildman–Crippen LogP) is 4.08. The van der Waals surface area contributed by atoms with Gasteiger partial charge < -0.3 is 4.90 Å². The summed E-state index contributed by atoms with van der Waals surface area (Å²) in [5.74, 6) is 0.927. The first-order valence-corrected chi connectivity index (χ1v) is 7.05. The molecule has 0 spiro atoms. The van der Waals surface area contributed by atoms with E-state index in [-0.39, 0.29) is 0 Å². The van der Waals surface area contributed by atoms with Gasteiger partial charge in [-0.1, -0.05) is 52.4 Å². The summed E-state index contributed by atoms with van der Waals surface area (Å²) < 4.78 is 0. The number of hydrogen-bond donors (Lipinski definition) is 0. The Hall–Kier alpha value is -0.0400. The molecule has 0 aromatic carbocycles. The first-order chi connectivity index (χ1) is 7.33. The summed E-state index contributed by atoms with van der Waals surface area (Å²) >= 11 is 0. The van der Waals surface area contributed by atoms with Gasteiger partial charge in [-0.25, -0.2) is 0 Å². The molecule has 0 amide bonds. The third-order valence-corrected chi connectivity index (χ3v) is 3.57. The minimum absolute atomic E-state index is 0.927. The number of unbranched alkanes of at least 4 members (excludes halogenated alkanes) is 5. The summed E-state index contributed by atoms with van der Waals surface area (Å²) in [4.78, 5) is 2.60. The molecule has 0 radical (unpaired) electrons. The van der Waals surface area contributed by atoms with E-state index in [1.54, 1.807) is 0 Å². The summed E-state index contributed by atoms with van der Waals surface area (Å²) in [5, 5.41) is 0. The summed E-state index contributed by atoms with van der Waals surface area (Å²) in [6.45, 7) is 8.79. The van der Waals surface area contributed by atoms with Gasteiger partial charge >= 0.3 is 0 Å². The fourth-order valence-electron chi connectivity index (χ4n) is 2.37. The lowest BCUT2D eigenvalue weighted by Crippen LogP contribution is -2.39. The normalized spacial score (nSPS) is 18.8. The van der Waals surface area contributed by atoms with Crippen molar-refractivity contribution >= 4 is 0 Å². The highest BCUT2D eigenvalue weighted by Crippen LogP contribution is 2.15. The first-order valence-electron chi connectivity index (χ1n) is 7.05. The lowest BCUT2D eigenvalue weighted by molar-refractivity contribution is 0.152. The zero-order valence-corrected chi connectivity index (χ0v) is 10.8. The minimum atomic E-state index is 0.927.